The number of hydrogen-bond acceptors (Lipinski definition) is 3. The van der Waals surface area contributed by atoms with Gasteiger partial charge in [0.2, 0.25) is 0 Å². The minimum Gasteiger partial charge on any atom is -0.338 e. The van der Waals surface area contributed by atoms with Gasteiger partial charge < -0.3 is 18.6 Å². The first-order chi connectivity index (χ1) is 10.7. The fraction of sp³-hybridized carbons (Fsp3) is 0.762. The minimum absolute atomic E-state index is 0. The average Bonchev–Trinajstić information content (AvgIpc) is 2.42. The molecule has 1 radical (unpaired) electrons. The van der Waals surface area contributed by atoms with Crippen LogP contribution in [0, 0.1) is 30.6 Å². The van der Waals surface area contributed by atoms with Gasteiger partial charge in [-0.15, -0.1) is 12.3 Å². The zero-order valence-corrected chi connectivity index (χ0v) is 20.7. The molecule has 0 aliphatic rings. The van der Waals surface area contributed by atoms with Crippen LogP contribution >= 0.6 is 0 Å². The largest absolute Gasteiger partial charge is 0.338 e. The van der Waals surface area contributed by atoms with E-state index in [0.717, 1.165) is 18.6 Å². The molecule has 0 aliphatic carbocycles. The molecular weight excluding hydrogens is 387 g/mol. The van der Waals surface area contributed by atoms with E-state index in [1.807, 2.05) is 34.6 Å². The van der Waals surface area contributed by atoms with Crippen LogP contribution in [0.25, 0.3) is 0 Å². The van der Waals surface area contributed by atoms with Crippen molar-refractivity contribution in [1.82, 2.24) is 0 Å². The molecule has 0 saturated heterocycles. The third kappa shape index (κ3) is 18.7. The van der Waals surface area contributed by atoms with Crippen LogP contribution in [-0.4, -0.2) is 23.8 Å². The number of ketones is 2. The topological polar surface area (TPSA) is 46.5 Å². The monoisotopic (exact) mass is 426 g/mol. The number of hydrogen-bond donors (Lipinski definition) is 0. The Morgan fingerprint density at radius 3 is 1.88 bits per heavy atom. The number of nitrogens with zero attached hydrogens (tertiary/aromatic N) is 1. The second kappa shape index (κ2) is 14.2. The van der Waals surface area contributed by atoms with Crippen molar-refractivity contribution >= 4 is 17.3 Å². The van der Waals surface area contributed by atoms with Gasteiger partial charge in [0.05, 0.1) is 6.54 Å². The second-order valence-electron chi connectivity index (χ2n) is 8.67. The van der Waals surface area contributed by atoms with Crippen molar-refractivity contribution in [3.05, 3.63) is 13.8 Å². The summed E-state index contributed by atoms with van der Waals surface area (Å²) in [5.41, 5.74) is 0.889. The van der Waals surface area contributed by atoms with Gasteiger partial charge in [-0.05, 0) is 24.5 Å². The number of carbonyl (C=O) groups excluding carboxylic acids is 2. The van der Waals surface area contributed by atoms with E-state index in [-0.39, 0.29) is 61.0 Å². The molecule has 0 amide bonds. The summed E-state index contributed by atoms with van der Waals surface area (Å²) in [6, 6.07) is 0. The van der Waals surface area contributed by atoms with Crippen molar-refractivity contribution in [3.63, 3.8) is 0 Å². The van der Waals surface area contributed by atoms with Gasteiger partial charge in [0.25, 0.3) is 0 Å². The maximum atomic E-state index is 11.8. The molecule has 0 aromatic carbocycles. The number of Topliss-reactive ketones (excluding diaryl/α,β-unsaturated/α-hetero) is 2. The standard InChI is InChI=1S/C12H23O.C9H16NO.Y/c1-9(8-11(2,3)4)10(13)12(5,6)7;1-4-6-9(11)7-10-8(3)5-2;/h9H,1,8H2,2-7H3;2,4-7H2,1,3H3;/q2*-1;. The first-order valence-corrected chi connectivity index (χ1v) is 8.92. The van der Waals surface area contributed by atoms with Crippen molar-refractivity contribution in [2.24, 2.45) is 21.7 Å². The van der Waals surface area contributed by atoms with Crippen LogP contribution in [-0.2, 0) is 42.3 Å². The molecule has 0 heterocycles. The Labute approximate surface area is 182 Å². The first kappa shape index (κ1) is 29.9. The van der Waals surface area contributed by atoms with Crippen molar-refractivity contribution in [2.75, 3.05) is 6.54 Å². The Balaban J connectivity index is -0.000000377. The molecule has 1 unspecified atom stereocenters. The van der Waals surface area contributed by atoms with Gasteiger partial charge in [-0.2, -0.15) is 0 Å². The molecular formula is C21H39NO2Y-2. The number of rotatable bonds is 7. The van der Waals surface area contributed by atoms with Crippen molar-refractivity contribution in [2.45, 2.75) is 81.1 Å². The Bertz CT molecular complexity index is 415. The first-order valence-electron chi connectivity index (χ1n) is 8.92. The van der Waals surface area contributed by atoms with E-state index in [4.69, 9.17) is 0 Å². The van der Waals surface area contributed by atoms with Gasteiger partial charge in [0.1, 0.15) is 5.78 Å². The normalized spacial score (nSPS) is 13.3. The zero-order valence-electron chi connectivity index (χ0n) is 17.9. The second-order valence-corrected chi connectivity index (χ2v) is 8.67. The van der Waals surface area contributed by atoms with E-state index in [9.17, 15) is 9.59 Å². The van der Waals surface area contributed by atoms with Gasteiger partial charge in [-0.25, -0.2) is 0 Å². The van der Waals surface area contributed by atoms with E-state index < -0.39 is 0 Å². The van der Waals surface area contributed by atoms with Gasteiger partial charge in [0.15, 0.2) is 5.78 Å². The molecule has 0 bridgehead atoms. The summed E-state index contributed by atoms with van der Waals surface area (Å²) in [6.45, 7) is 24.1. The summed E-state index contributed by atoms with van der Waals surface area (Å²) in [5, 5.41) is 0. The van der Waals surface area contributed by atoms with E-state index in [0.29, 0.717) is 19.4 Å². The summed E-state index contributed by atoms with van der Waals surface area (Å²) in [7, 11) is 0. The summed E-state index contributed by atoms with van der Waals surface area (Å²) >= 11 is 0. The molecule has 4 heteroatoms. The Kier molecular flexibility index (Phi) is 17.0. The van der Waals surface area contributed by atoms with Crippen LogP contribution in [0.15, 0.2) is 4.99 Å². The quantitative estimate of drug-likeness (QED) is 0.397. The summed E-state index contributed by atoms with van der Waals surface area (Å²) in [4.78, 5) is 26.8. The van der Waals surface area contributed by atoms with E-state index in [2.05, 4.69) is 39.6 Å². The molecule has 1 atom stereocenters. The van der Waals surface area contributed by atoms with Crippen molar-refractivity contribution < 1.29 is 42.3 Å². The van der Waals surface area contributed by atoms with Gasteiger partial charge in [-0.3, -0.25) is 9.79 Å². The molecule has 145 valence electrons. The predicted octanol–water partition coefficient (Wildman–Crippen LogP) is 5.53. The third-order valence-corrected chi connectivity index (χ3v) is 3.38. The Morgan fingerprint density at radius 1 is 1.08 bits per heavy atom. The Hall–Kier alpha value is 0.114. The molecule has 0 spiro atoms. The summed E-state index contributed by atoms with van der Waals surface area (Å²) in [6.07, 6.45) is 3.12. The van der Waals surface area contributed by atoms with E-state index >= 15 is 0 Å². The molecule has 0 rings (SSSR count). The molecule has 0 saturated carbocycles. The number of carbonyl (C=O) groups is 2. The van der Waals surface area contributed by atoms with Gasteiger partial charge >= 0.3 is 0 Å². The van der Waals surface area contributed by atoms with E-state index in [1.165, 1.54) is 0 Å². The van der Waals surface area contributed by atoms with Crippen molar-refractivity contribution in [1.29, 1.82) is 0 Å². The predicted molar refractivity (Wildman–Crippen MR) is 105 cm³/mol. The molecule has 0 aromatic heterocycles. The molecule has 0 fully saturated rings. The van der Waals surface area contributed by atoms with Crippen LogP contribution in [0.1, 0.15) is 81.1 Å². The zero-order chi connectivity index (χ0) is 19.6. The molecule has 0 aliphatic heterocycles. The van der Waals surface area contributed by atoms with Crippen LogP contribution in [0.3, 0.4) is 0 Å². The summed E-state index contributed by atoms with van der Waals surface area (Å²) in [5.74, 6) is 0.419. The SMILES string of the molecule is [CH2-]C(CC(C)(C)C)C(=O)C(C)(C)C.[CH2-]CC(C)=NCC(=O)CCC.[Y]. The maximum absolute atomic E-state index is 11.8. The van der Waals surface area contributed by atoms with Crippen LogP contribution < -0.4 is 0 Å². The van der Waals surface area contributed by atoms with Crippen LogP contribution in [0.2, 0.25) is 0 Å². The molecule has 3 nitrogen and oxygen atoms in total. The Morgan fingerprint density at radius 2 is 1.56 bits per heavy atom. The van der Waals surface area contributed by atoms with Gasteiger partial charge in [-0.1, -0.05) is 54.9 Å². The van der Waals surface area contributed by atoms with E-state index in [1.54, 1.807) is 0 Å². The fourth-order valence-electron chi connectivity index (χ4n) is 2.10. The summed E-state index contributed by atoms with van der Waals surface area (Å²) < 4.78 is 0. The average molecular weight is 426 g/mol. The molecule has 0 aromatic rings. The van der Waals surface area contributed by atoms with Crippen LogP contribution in [0.5, 0.6) is 0 Å². The van der Waals surface area contributed by atoms with Crippen LogP contribution in [0.4, 0.5) is 0 Å². The smallest absolute Gasteiger partial charge is 0.154 e. The molecule has 0 N–H and O–H groups in total. The number of aliphatic imine (C=N–C) groups is 1. The maximum Gasteiger partial charge on any atom is 0.154 e. The molecule has 25 heavy (non-hydrogen) atoms. The minimum atomic E-state index is -0.252. The van der Waals surface area contributed by atoms with Gasteiger partial charge in [0, 0.05) is 44.5 Å². The fourth-order valence-corrected chi connectivity index (χ4v) is 2.10. The van der Waals surface area contributed by atoms with Crippen molar-refractivity contribution in [3.8, 4) is 0 Å². The third-order valence-electron chi connectivity index (χ3n) is 3.38.